The fourth-order valence-corrected chi connectivity index (χ4v) is 4.85. The summed E-state index contributed by atoms with van der Waals surface area (Å²) >= 11 is 0. The quantitative estimate of drug-likeness (QED) is 0.808. The first-order valence-corrected chi connectivity index (χ1v) is 8.93. The molecule has 1 nitrogen and oxygen atoms in total. The van der Waals surface area contributed by atoms with E-state index < -0.39 is 0 Å². The van der Waals surface area contributed by atoms with E-state index in [9.17, 15) is 0 Å². The molecular weight excluding hydrogens is 254 g/mol. The number of benzene rings is 1. The lowest BCUT2D eigenvalue weighted by molar-refractivity contribution is 0.111. The SMILES string of the molecule is CNC(c1ccc(C)c(C)c1)C1CCC2CCCCC2C1. The Labute approximate surface area is 130 Å². The molecule has 116 valence electrons. The first-order valence-electron chi connectivity index (χ1n) is 8.93. The normalized spacial score (nSPS) is 30.7. The highest BCUT2D eigenvalue weighted by molar-refractivity contribution is 5.32. The molecule has 0 radical (unpaired) electrons. The van der Waals surface area contributed by atoms with E-state index in [2.05, 4.69) is 44.4 Å². The number of hydrogen-bond donors (Lipinski definition) is 1. The second-order valence-corrected chi connectivity index (χ2v) is 7.49. The summed E-state index contributed by atoms with van der Waals surface area (Å²) in [5, 5.41) is 3.63. The molecule has 2 aliphatic carbocycles. The van der Waals surface area contributed by atoms with E-state index >= 15 is 0 Å². The summed E-state index contributed by atoms with van der Waals surface area (Å²) in [6.07, 6.45) is 10.3. The Hall–Kier alpha value is -0.820. The predicted molar refractivity (Wildman–Crippen MR) is 90.5 cm³/mol. The van der Waals surface area contributed by atoms with Crippen molar-refractivity contribution in [2.24, 2.45) is 17.8 Å². The van der Waals surface area contributed by atoms with Crippen molar-refractivity contribution in [2.75, 3.05) is 7.05 Å². The molecule has 2 fully saturated rings. The van der Waals surface area contributed by atoms with Crippen molar-refractivity contribution >= 4 is 0 Å². The first-order chi connectivity index (χ1) is 10.2. The summed E-state index contributed by atoms with van der Waals surface area (Å²) in [4.78, 5) is 0. The van der Waals surface area contributed by atoms with Gasteiger partial charge in [0.2, 0.25) is 0 Å². The molecule has 4 atom stereocenters. The lowest BCUT2D eigenvalue weighted by Crippen LogP contribution is -2.34. The van der Waals surface area contributed by atoms with E-state index in [1.54, 1.807) is 0 Å². The third kappa shape index (κ3) is 3.18. The summed E-state index contributed by atoms with van der Waals surface area (Å²) in [6, 6.07) is 7.59. The van der Waals surface area contributed by atoms with Crippen LogP contribution in [0.5, 0.6) is 0 Å². The summed E-state index contributed by atoms with van der Waals surface area (Å²) in [6.45, 7) is 4.45. The van der Waals surface area contributed by atoms with E-state index in [-0.39, 0.29) is 0 Å². The average molecular weight is 285 g/mol. The maximum absolute atomic E-state index is 3.63. The van der Waals surface area contributed by atoms with Crippen molar-refractivity contribution in [3.8, 4) is 0 Å². The topological polar surface area (TPSA) is 12.0 Å². The smallest absolute Gasteiger partial charge is 0.0346 e. The van der Waals surface area contributed by atoms with Crippen LogP contribution in [-0.2, 0) is 0 Å². The number of nitrogens with one attached hydrogen (secondary N) is 1. The Morgan fingerprint density at radius 2 is 1.71 bits per heavy atom. The zero-order valence-electron chi connectivity index (χ0n) is 14.0. The van der Waals surface area contributed by atoms with Crippen LogP contribution in [0.3, 0.4) is 0 Å². The second-order valence-electron chi connectivity index (χ2n) is 7.49. The van der Waals surface area contributed by atoms with Gasteiger partial charge in [0.25, 0.3) is 0 Å². The fourth-order valence-electron chi connectivity index (χ4n) is 4.85. The molecule has 1 aromatic carbocycles. The zero-order valence-corrected chi connectivity index (χ0v) is 14.0. The Morgan fingerprint density at radius 3 is 2.43 bits per heavy atom. The molecule has 1 N–H and O–H groups in total. The van der Waals surface area contributed by atoms with Gasteiger partial charge in [-0.2, -0.15) is 0 Å². The van der Waals surface area contributed by atoms with Gasteiger partial charge in [-0.15, -0.1) is 0 Å². The fraction of sp³-hybridized carbons (Fsp3) is 0.700. The number of aryl methyl sites for hydroxylation is 2. The highest BCUT2D eigenvalue weighted by atomic mass is 14.9. The maximum Gasteiger partial charge on any atom is 0.0346 e. The molecule has 2 aliphatic rings. The summed E-state index contributed by atoms with van der Waals surface area (Å²) in [5.41, 5.74) is 4.34. The lowest BCUT2D eigenvalue weighted by atomic mass is 9.65. The Morgan fingerprint density at radius 1 is 0.952 bits per heavy atom. The molecule has 3 rings (SSSR count). The van der Waals surface area contributed by atoms with Crippen LogP contribution >= 0.6 is 0 Å². The summed E-state index contributed by atoms with van der Waals surface area (Å²) in [5.74, 6) is 2.89. The molecule has 1 aromatic rings. The molecular formula is C20H31N. The standard InChI is InChI=1S/C20H31N/c1-14-8-9-18(12-15(14)2)20(21-3)19-11-10-16-6-4-5-7-17(16)13-19/h8-9,12,16-17,19-21H,4-7,10-11,13H2,1-3H3. The minimum absolute atomic E-state index is 0.548. The molecule has 0 aromatic heterocycles. The Balaban J connectivity index is 1.75. The van der Waals surface area contributed by atoms with Gasteiger partial charge in [-0.05, 0) is 74.6 Å². The second kappa shape index (κ2) is 6.52. The van der Waals surface area contributed by atoms with Crippen LogP contribution < -0.4 is 5.32 Å². The third-order valence-electron chi connectivity index (χ3n) is 6.25. The van der Waals surface area contributed by atoms with E-state index in [0.717, 1.165) is 17.8 Å². The van der Waals surface area contributed by atoms with Gasteiger partial charge in [0, 0.05) is 6.04 Å². The van der Waals surface area contributed by atoms with Crippen LogP contribution in [0.1, 0.15) is 67.7 Å². The van der Waals surface area contributed by atoms with Crippen molar-refractivity contribution < 1.29 is 0 Å². The van der Waals surface area contributed by atoms with Gasteiger partial charge in [0.15, 0.2) is 0 Å². The van der Waals surface area contributed by atoms with Crippen LogP contribution in [0.15, 0.2) is 18.2 Å². The monoisotopic (exact) mass is 285 g/mol. The maximum atomic E-state index is 3.63. The minimum Gasteiger partial charge on any atom is -0.313 e. The van der Waals surface area contributed by atoms with Gasteiger partial charge in [-0.3, -0.25) is 0 Å². The number of fused-ring (bicyclic) bond motifs is 1. The number of hydrogen-bond acceptors (Lipinski definition) is 1. The molecule has 0 heterocycles. The van der Waals surface area contributed by atoms with Gasteiger partial charge in [0.1, 0.15) is 0 Å². The average Bonchev–Trinajstić information content (AvgIpc) is 2.51. The van der Waals surface area contributed by atoms with E-state index in [0.29, 0.717) is 6.04 Å². The first kappa shape index (κ1) is 15.1. The van der Waals surface area contributed by atoms with Gasteiger partial charge in [0.05, 0.1) is 0 Å². The Bertz CT molecular complexity index is 479. The van der Waals surface area contributed by atoms with Crippen LogP contribution in [-0.4, -0.2) is 7.05 Å². The van der Waals surface area contributed by atoms with E-state index in [1.807, 2.05) is 0 Å². The predicted octanol–water partition coefficient (Wildman–Crippen LogP) is 5.17. The third-order valence-corrected chi connectivity index (χ3v) is 6.25. The Kier molecular flexibility index (Phi) is 4.69. The molecule has 1 heteroatoms. The van der Waals surface area contributed by atoms with Crippen molar-refractivity contribution in [3.05, 3.63) is 34.9 Å². The van der Waals surface area contributed by atoms with E-state index in [1.165, 1.54) is 61.6 Å². The van der Waals surface area contributed by atoms with Gasteiger partial charge < -0.3 is 5.32 Å². The van der Waals surface area contributed by atoms with Crippen LogP contribution in [0.4, 0.5) is 0 Å². The van der Waals surface area contributed by atoms with Gasteiger partial charge in [-0.1, -0.05) is 43.9 Å². The highest BCUT2D eigenvalue weighted by Crippen LogP contribution is 2.46. The molecule has 2 saturated carbocycles. The van der Waals surface area contributed by atoms with Crippen LogP contribution in [0, 0.1) is 31.6 Å². The molecule has 0 bridgehead atoms. The van der Waals surface area contributed by atoms with Crippen molar-refractivity contribution in [1.82, 2.24) is 5.32 Å². The van der Waals surface area contributed by atoms with Crippen molar-refractivity contribution in [1.29, 1.82) is 0 Å². The van der Waals surface area contributed by atoms with Crippen molar-refractivity contribution in [3.63, 3.8) is 0 Å². The zero-order chi connectivity index (χ0) is 14.8. The number of rotatable bonds is 3. The largest absolute Gasteiger partial charge is 0.313 e. The molecule has 21 heavy (non-hydrogen) atoms. The molecule has 0 spiro atoms. The summed E-state index contributed by atoms with van der Waals surface area (Å²) in [7, 11) is 2.15. The molecule has 4 unspecified atom stereocenters. The summed E-state index contributed by atoms with van der Waals surface area (Å²) < 4.78 is 0. The molecule has 0 aliphatic heterocycles. The minimum atomic E-state index is 0.548. The van der Waals surface area contributed by atoms with Crippen molar-refractivity contribution in [2.45, 2.75) is 64.8 Å². The van der Waals surface area contributed by atoms with E-state index in [4.69, 9.17) is 0 Å². The van der Waals surface area contributed by atoms with Gasteiger partial charge in [-0.25, -0.2) is 0 Å². The lowest BCUT2D eigenvalue weighted by Gasteiger charge is -2.42. The van der Waals surface area contributed by atoms with Crippen LogP contribution in [0.2, 0.25) is 0 Å². The highest BCUT2D eigenvalue weighted by Gasteiger charge is 2.35. The van der Waals surface area contributed by atoms with Crippen LogP contribution in [0.25, 0.3) is 0 Å². The molecule has 0 amide bonds. The van der Waals surface area contributed by atoms with Gasteiger partial charge >= 0.3 is 0 Å². The molecule has 0 saturated heterocycles.